The van der Waals surface area contributed by atoms with Gasteiger partial charge < -0.3 is 25.2 Å². The highest BCUT2D eigenvalue weighted by molar-refractivity contribution is 7.92. The summed E-state index contributed by atoms with van der Waals surface area (Å²) in [5.74, 6) is -1.86. The van der Waals surface area contributed by atoms with Crippen LogP contribution in [0.3, 0.4) is 0 Å². The minimum absolute atomic E-state index is 0.0535. The average Bonchev–Trinajstić information content (AvgIpc) is 3.09. The van der Waals surface area contributed by atoms with E-state index < -0.39 is 37.7 Å². The molecule has 0 unspecified atom stereocenters. The van der Waals surface area contributed by atoms with Crippen LogP contribution in [-0.2, 0) is 34.4 Å². The first kappa shape index (κ1) is 26.8. The number of aliphatic hydroxyl groups excluding tert-OH is 1. The lowest BCUT2D eigenvalue weighted by Gasteiger charge is -2.16. The maximum absolute atomic E-state index is 13.0. The number of nitrogens with zero attached hydrogens (tertiary/aromatic N) is 1. The van der Waals surface area contributed by atoms with E-state index in [1.54, 1.807) is 0 Å². The number of carbonyl (C=O) groups is 2. The van der Waals surface area contributed by atoms with Crippen LogP contribution in [-0.4, -0.2) is 76.9 Å². The van der Waals surface area contributed by atoms with Gasteiger partial charge in [-0.3, -0.25) is 14.2 Å². The normalized spacial score (nSPS) is 14.1. The molecule has 13 nitrogen and oxygen atoms in total. The van der Waals surface area contributed by atoms with Crippen molar-refractivity contribution in [2.24, 2.45) is 0 Å². The summed E-state index contributed by atoms with van der Waals surface area (Å²) in [5.41, 5.74) is -0.265. The summed E-state index contributed by atoms with van der Waals surface area (Å²) in [6.45, 7) is -0.548. The van der Waals surface area contributed by atoms with Crippen LogP contribution >= 0.6 is 0 Å². The van der Waals surface area contributed by atoms with Gasteiger partial charge in [-0.2, -0.15) is 0 Å². The van der Waals surface area contributed by atoms with Gasteiger partial charge in [0.2, 0.25) is 10.0 Å². The molecule has 1 aliphatic heterocycles. The van der Waals surface area contributed by atoms with Gasteiger partial charge in [-0.15, -0.1) is 0 Å². The molecule has 2 aromatic rings. The van der Waals surface area contributed by atoms with E-state index >= 15 is 0 Å². The number of β-amino-alcohol motifs (C(OH)–C–C–N with tert-alkyl or cyclic N) is 1. The quantitative estimate of drug-likeness (QED) is 0.206. The van der Waals surface area contributed by atoms with Crippen molar-refractivity contribution in [3.63, 3.8) is 0 Å². The molecule has 0 bridgehead atoms. The fourth-order valence-corrected chi connectivity index (χ4v) is 4.97. The number of benzene rings is 2. The Labute approximate surface area is 207 Å². The molecule has 0 radical (unpaired) electrons. The summed E-state index contributed by atoms with van der Waals surface area (Å²) in [5, 5.41) is 22.1. The first-order valence-corrected chi connectivity index (χ1v) is 13.6. The van der Waals surface area contributed by atoms with Crippen LogP contribution in [0.2, 0.25) is 0 Å². The highest BCUT2D eigenvalue weighted by Crippen LogP contribution is 2.31. The van der Waals surface area contributed by atoms with E-state index in [9.17, 15) is 31.5 Å². The van der Waals surface area contributed by atoms with E-state index in [2.05, 4.69) is 14.8 Å². The van der Waals surface area contributed by atoms with Gasteiger partial charge in [0.25, 0.3) is 15.9 Å². The summed E-state index contributed by atoms with van der Waals surface area (Å²) in [4.78, 5) is 25.8. The Morgan fingerprint density at radius 1 is 1.08 bits per heavy atom. The van der Waals surface area contributed by atoms with Gasteiger partial charge >= 0.3 is 5.97 Å². The van der Waals surface area contributed by atoms with Crippen LogP contribution in [0.15, 0.2) is 58.6 Å². The number of carbonyl (C=O) groups excluding carboxylic acids is 2. The van der Waals surface area contributed by atoms with E-state index in [1.165, 1.54) is 29.2 Å². The smallest absolute Gasteiger partial charge is 0.337 e. The van der Waals surface area contributed by atoms with Gasteiger partial charge in [-0.1, -0.05) is 6.07 Å². The number of hydrogen-bond donors (Lipinski definition) is 5. The minimum Gasteiger partial charge on any atom is -0.506 e. The summed E-state index contributed by atoms with van der Waals surface area (Å²) in [6.07, 6.45) is 0.952. The molecule has 1 amide bonds. The zero-order chi connectivity index (χ0) is 26.7. The lowest BCUT2D eigenvalue weighted by Crippen LogP contribution is -2.31. The van der Waals surface area contributed by atoms with Gasteiger partial charge in [-0.25, -0.2) is 21.6 Å². The third-order valence-electron chi connectivity index (χ3n) is 4.91. The molecule has 0 saturated carbocycles. The lowest BCUT2D eigenvalue weighted by molar-refractivity contribution is -0.136. The van der Waals surface area contributed by atoms with Crippen molar-refractivity contribution in [2.45, 2.75) is 4.90 Å². The number of amides is 1. The second-order valence-electron chi connectivity index (χ2n) is 7.66. The topological polar surface area (TPSA) is 191 Å². The fourth-order valence-electron chi connectivity index (χ4n) is 3.34. The second kappa shape index (κ2) is 10.4. The molecular formula is C21H24N4O9S2. The minimum atomic E-state index is -4.23. The number of methoxy groups -OCH3 is 1. The predicted octanol–water partition coefficient (Wildman–Crippen LogP) is 0.238. The van der Waals surface area contributed by atoms with Gasteiger partial charge in [0.1, 0.15) is 11.4 Å². The highest BCUT2D eigenvalue weighted by Gasteiger charge is 2.35. The number of anilines is 3. The summed E-state index contributed by atoms with van der Waals surface area (Å²) in [6, 6.07) is 8.82. The molecule has 194 valence electrons. The standard InChI is InChI=1S/C21H24N4O9S2/c1-34-21(29)16-12-25(8-9-26)20(28)19(16)22-17-11-15(6-7-18(17)27)36(32,33)24-14-5-3-4-13(10-14)23-35(2,30)31/h3-7,10-11,22-24,26-27H,8-9,12H2,1-2H3. The number of phenols is 1. The average molecular weight is 541 g/mol. The summed E-state index contributed by atoms with van der Waals surface area (Å²) in [7, 11) is -6.68. The van der Waals surface area contributed by atoms with Gasteiger partial charge in [0.05, 0.1) is 54.0 Å². The maximum atomic E-state index is 13.0. The second-order valence-corrected chi connectivity index (χ2v) is 11.1. The monoisotopic (exact) mass is 540 g/mol. The number of rotatable bonds is 10. The van der Waals surface area contributed by atoms with Crippen LogP contribution in [0.1, 0.15) is 0 Å². The fraction of sp³-hybridized carbons (Fsp3) is 0.238. The molecule has 0 aromatic heterocycles. The molecule has 15 heteroatoms. The lowest BCUT2D eigenvalue weighted by atomic mass is 10.2. The molecule has 5 N–H and O–H groups in total. The molecule has 1 heterocycles. The van der Waals surface area contributed by atoms with Gasteiger partial charge in [0.15, 0.2) is 0 Å². The van der Waals surface area contributed by atoms with Crippen molar-refractivity contribution < 1.29 is 41.4 Å². The van der Waals surface area contributed by atoms with E-state index in [-0.39, 0.29) is 52.9 Å². The maximum Gasteiger partial charge on any atom is 0.337 e. The van der Waals surface area contributed by atoms with E-state index in [4.69, 9.17) is 9.84 Å². The van der Waals surface area contributed by atoms with Crippen LogP contribution in [0, 0.1) is 0 Å². The largest absolute Gasteiger partial charge is 0.506 e. The highest BCUT2D eigenvalue weighted by atomic mass is 32.2. The Bertz CT molecular complexity index is 1440. The summed E-state index contributed by atoms with van der Waals surface area (Å²) >= 11 is 0. The molecule has 2 aromatic carbocycles. The van der Waals surface area contributed by atoms with Crippen molar-refractivity contribution in [3.8, 4) is 5.75 Å². The first-order chi connectivity index (χ1) is 16.8. The van der Waals surface area contributed by atoms with Crippen molar-refractivity contribution >= 4 is 49.0 Å². The Kier molecular flexibility index (Phi) is 7.76. The number of ether oxygens (including phenoxy) is 1. The SMILES string of the molecule is COC(=O)C1=C(Nc2cc(S(=O)(=O)Nc3cccc(NS(C)(=O)=O)c3)ccc2O)C(=O)N(CCO)C1. The number of nitrogens with one attached hydrogen (secondary N) is 3. The van der Waals surface area contributed by atoms with E-state index in [1.807, 2.05) is 0 Å². The third kappa shape index (κ3) is 6.24. The number of hydrogen-bond acceptors (Lipinski definition) is 10. The Morgan fingerprint density at radius 3 is 2.36 bits per heavy atom. The van der Waals surface area contributed by atoms with Crippen LogP contribution in [0.5, 0.6) is 5.75 Å². The van der Waals surface area contributed by atoms with Crippen molar-refractivity contribution in [1.29, 1.82) is 0 Å². The molecule has 0 fully saturated rings. The molecule has 0 atom stereocenters. The molecule has 0 spiro atoms. The van der Waals surface area contributed by atoms with E-state index in [0.29, 0.717) is 0 Å². The zero-order valence-electron chi connectivity index (χ0n) is 19.2. The molecule has 0 aliphatic carbocycles. The molecule has 1 aliphatic rings. The van der Waals surface area contributed by atoms with Gasteiger partial charge in [-0.05, 0) is 36.4 Å². The van der Waals surface area contributed by atoms with Crippen molar-refractivity contribution in [3.05, 3.63) is 53.7 Å². The summed E-state index contributed by atoms with van der Waals surface area (Å²) < 4.78 is 58.1. The van der Waals surface area contributed by atoms with Crippen LogP contribution < -0.4 is 14.8 Å². The molecular weight excluding hydrogens is 516 g/mol. The Morgan fingerprint density at radius 2 is 1.75 bits per heavy atom. The number of esters is 1. The van der Waals surface area contributed by atoms with Crippen LogP contribution in [0.4, 0.5) is 17.1 Å². The molecule has 3 rings (SSSR count). The Balaban J connectivity index is 1.92. The van der Waals surface area contributed by atoms with Crippen molar-refractivity contribution in [1.82, 2.24) is 4.90 Å². The van der Waals surface area contributed by atoms with Crippen molar-refractivity contribution in [2.75, 3.05) is 47.8 Å². The first-order valence-electron chi connectivity index (χ1n) is 10.3. The predicted molar refractivity (Wildman–Crippen MR) is 130 cm³/mol. The van der Waals surface area contributed by atoms with Gasteiger partial charge in [0, 0.05) is 6.54 Å². The molecule has 36 heavy (non-hydrogen) atoms. The third-order valence-corrected chi connectivity index (χ3v) is 6.90. The Hall–Kier alpha value is -3.82. The number of sulfonamides is 2. The number of phenolic OH excluding ortho intramolecular Hbond substituents is 1. The number of aliphatic hydroxyl groups is 1. The number of aromatic hydroxyl groups is 1. The van der Waals surface area contributed by atoms with E-state index in [0.717, 1.165) is 31.6 Å². The zero-order valence-corrected chi connectivity index (χ0v) is 20.8. The van der Waals surface area contributed by atoms with Crippen LogP contribution in [0.25, 0.3) is 0 Å². The molecule has 0 saturated heterocycles.